The summed E-state index contributed by atoms with van der Waals surface area (Å²) in [5.74, 6) is 0.846. The number of benzene rings is 7. The first kappa shape index (κ1) is 44.8. The molecule has 9 aromatic rings. The maximum Gasteiger partial charge on any atom is 0.297 e. The molecule has 0 atom stereocenters. The standard InChI is InChI=1S/C64H65BN2O2/c1-38-30-45(63(9,10)11)31-39(2)58(38)67-53-37-46(64(12,13)14)36-52-57(53)65(60-59(67)48-35-44(62(6,7)8)26-29-55(48)69-60)49-27-24-42(56-33-41-22-18-19-23-54(41)68-56)32-51(49)66(52)50-28-25-43(61(3,4)5)34-47(50)40-20-16-15-17-21-40/h15-37H,1-14H3. The molecule has 346 valence electrons. The minimum atomic E-state index is -0.208. The molecule has 69 heavy (non-hydrogen) atoms. The molecule has 0 unspecified atom stereocenters. The number of furan rings is 2. The van der Waals surface area contributed by atoms with Gasteiger partial charge in [-0.2, -0.15) is 0 Å². The molecule has 0 N–H and O–H groups in total. The van der Waals surface area contributed by atoms with E-state index in [9.17, 15) is 0 Å². The molecule has 2 aliphatic heterocycles. The molecule has 0 saturated heterocycles. The summed E-state index contributed by atoms with van der Waals surface area (Å²) < 4.78 is 14.1. The Hall–Kier alpha value is -6.72. The summed E-state index contributed by atoms with van der Waals surface area (Å²) in [5.41, 5.74) is 22.8. The summed E-state index contributed by atoms with van der Waals surface area (Å²) in [7, 11) is 0. The van der Waals surface area contributed by atoms with E-state index in [0.717, 1.165) is 61.7 Å². The molecule has 0 spiro atoms. The van der Waals surface area contributed by atoms with Gasteiger partial charge in [0, 0.05) is 39.0 Å². The van der Waals surface area contributed by atoms with Crippen LogP contribution in [0, 0.1) is 13.8 Å². The normalized spacial score (nSPS) is 13.9. The average Bonchev–Trinajstić information content (AvgIpc) is 3.90. The van der Waals surface area contributed by atoms with Crippen LogP contribution >= 0.6 is 0 Å². The first-order valence-electron chi connectivity index (χ1n) is 24.9. The highest BCUT2D eigenvalue weighted by atomic mass is 16.3. The molecule has 0 saturated carbocycles. The van der Waals surface area contributed by atoms with E-state index in [1.807, 2.05) is 6.07 Å². The summed E-state index contributed by atoms with van der Waals surface area (Å²) in [6.07, 6.45) is 0. The van der Waals surface area contributed by atoms with Gasteiger partial charge in [-0.3, -0.25) is 0 Å². The van der Waals surface area contributed by atoms with Gasteiger partial charge in [0.2, 0.25) is 0 Å². The number of anilines is 6. The van der Waals surface area contributed by atoms with Crippen LogP contribution in [0.4, 0.5) is 34.1 Å². The van der Waals surface area contributed by atoms with E-state index < -0.39 is 0 Å². The molecule has 0 amide bonds. The number of rotatable bonds is 4. The molecular formula is C64H65BN2O2. The van der Waals surface area contributed by atoms with Crippen LogP contribution in [0.3, 0.4) is 0 Å². The predicted molar refractivity (Wildman–Crippen MR) is 295 cm³/mol. The van der Waals surface area contributed by atoms with Crippen molar-refractivity contribution in [2.24, 2.45) is 0 Å². The zero-order chi connectivity index (χ0) is 48.7. The van der Waals surface area contributed by atoms with Crippen LogP contribution in [0.1, 0.15) is 116 Å². The first-order valence-corrected chi connectivity index (χ1v) is 24.9. The lowest BCUT2D eigenvalue weighted by Crippen LogP contribution is -2.61. The predicted octanol–water partition coefficient (Wildman–Crippen LogP) is 16.4. The topological polar surface area (TPSA) is 32.8 Å². The zero-order valence-electron chi connectivity index (χ0n) is 43.1. The summed E-state index contributed by atoms with van der Waals surface area (Å²) >= 11 is 0. The van der Waals surface area contributed by atoms with Crippen LogP contribution in [0.25, 0.3) is 44.4 Å². The van der Waals surface area contributed by atoms with Gasteiger partial charge < -0.3 is 18.6 Å². The molecule has 0 aliphatic carbocycles. The third-order valence-electron chi connectivity index (χ3n) is 14.9. The highest BCUT2D eigenvalue weighted by Crippen LogP contribution is 2.52. The monoisotopic (exact) mass is 905 g/mol. The van der Waals surface area contributed by atoms with Crippen molar-refractivity contribution in [2.75, 3.05) is 9.80 Å². The smallest absolute Gasteiger partial charge is 0.297 e. The van der Waals surface area contributed by atoms with Gasteiger partial charge in [0.15, 0.2) is 0 Å². The lowest BCUT2D eigenvalue weighted by molar-refractivity contribution is 0.589. The third kappa shape index (κ3) is 7.34. The molecule has 4 heterocycles. The molecule has 4 nitrogen and oxygen atoms in total. The summed E-state index contributed by atoms with van der Waals surface area (Å²) in [5, 5.41) is 2.22. The number of aryl methyl sites for hydroxylation is 2. The fraction of sp³-hybridized carbons (Fsp3) is 0.281. The fourth-order valence-electron chi connectivity index (χ4n) is 10.9. The molecule has 2 aliphatic rings. The van der Waals surface area contributed by atoms with E-state index in [4.69, 9.17) is 8.83 Å². The van der Waals surface area contributed by atoms with Crippen molar-refractivity contribution in [2.45, 2.75) is 119 Å². The molecular weight excluding hydrogens is 840 g/mol. The first-order chi connectivity index (χ1) is 32.6. The van der Waals surface area contributed by atoms with Crippen LogP contribution in [-0.4, -0.2) is 6.71 Å². The largest absolute Gasteiger partial charge is 0.468 e. The lowest BCUT2D eigenvalue weighted by Gasteiger charge is -2.44. The quantitative estimate of drug-likeness (QED) is 0.165. The van der Waals surface area contributed by atoms with Gasteiger partial charge in [0.05, 0.1) is 22.7 Å². The number of hydrogen-bond donors (Lipinski definition) is 0. The van der Waals surface area contributed by atoms with Crippen molar-refractivity contribution < 1.29 is 8.83 Å². The molecule has 0 fully saturated rings. The summed E-state index contributed by atoms with van der Waals surface area (Å²) in [6.45, 7) is 32.2. The Bertz CT molecular complexity index is 3470. The number of para-hydroxylation sites is 1. The van der Waals surface area contributed by atoms with E-state index in [1.54, 1.807) is 0 Å². The Kier molecular flexibility index (Phi) is 9.99. The Morgan fingerprint density at radius 3 is 1.67 bits per heavy atom. The van der Waals surface area contributed by atoms with Gasteiger partial charge in [0.1, 0.15) is 16.9 Å². The van der Waals surface area contributed by atoms with Crippen molar-refractivity contribution >= 4 is 79.4 Å². The van der Waals surface area contributed by atoms with E-state index in [0.29, 0.717) is 0 Å². The van der Waals surface area contributed by atoms with Crippen LogP contribution in [0.5, 0.6) is 0 Å². The van der Waals surface area contributed by atoms with Gasteiger partial charge in [-0.1, -0.05) is 168 Å². The molecule has 0 radical (unpaired) electrons. The van der Waals surface area contributed by atoms with Crippen LogP contribution in [0.15, 0.2) is 148 Å². The highest BCUT2D eigenvalue weighted by Gasteiger charge is 2.48. The van der Waals surface area contributed by atoms with Crippen molar-refractivity contribution in [1.29, 1.82) is 0 Å². The third-order valence-corrected chi connectivity index (χ3v) is 14.9. The average molecular weight is 905 g/mol. The molecule has 2 aromatic heterocycles. The second-order valence-corrected chi connectivity index (χ2v) is 24.0. The van der Waals surface area contributed by atoms with Crippen molar-refractivity contribution in [3.63, 3.8) is 0 Å². The molecule has 7 aromatic carbocycles. The van der Waals surface area contributed by atoms with Gasteiger partial charge in [0.25, 0.3) is 6.71 Å². The maximum atomic E-state index is 7.43. The molecule has 11 rings (SSSR count). The van der Waals surface area contributed by atoms with Crippen molar-refractivity contribution in [3.05, 3.63) is 173 Å². The Labute approximate surface area is 410 Å². The Balaban J connectivity index is 1.30. The van der Waals surface area contributed by atoms with Crippen LogP contribution in [-0.2, 0) is 21.7 Å². The van der Waals surface area contributed by atoms with E-state index in [1.165, 1.54) is 66.8 Å². The fourth-order valence-corrected chi connectivity index (χ4v) is 10.9. The van der Waals surface area contributed by atoms with Gasteiger partial charge >= 0.3 is 0 Å². The van der Waals surface area contributed by atoms with Crippen LogP contribution in [0.2, 0.25) is 0 Å². The van der Waals surface area contributed by atoms with Gasteiger partial charge in [-0.25, -0.2) is 0 Å². The minimum absolute atomic E-state index is 0.00803. The lowest BCUT2D eigenvalue weighted by atomic mass is 9.35. The number of nitrogens with zero attached hydrogens (tertiary/aromatic N) is 2. The van der Waals surface area contributed by atoms with Crippen molar-refractivity contribution in [1.82, 2.24) is 0 Å². The molecule has 5 heteroatoms. The zero-order valence-corrected chi connectivity index (χ0v) is 43.1. The Morgan fingerprint density at radius 1 is 0.420 bits per heavy atom. The van der Waals surface area contributed by atoms with Crippen LogP contribution < -0.4 is 26.4 Å². The summed E-state index contributed by atoms with van der Waals surface area (Å²) in [6, 6.07) is 52.3. The number of hydrogen-bond acceptors (Lipinski definition) is 4. The SMILES string of the molecule is Cc1cc(C(C)(C)C)cc(C)c1N1c2cc(C(C)(C)C)cc3c2B(c2ccc(-c4cc5ccccc5o4)cc2N3c2ccc(C(C)(C)C)cc2-c2ccccc2)c2oc3ccc(C(C)(C)C)cc3c21. The second kappa shape index (κ2) is 15.4. The summed E-state index contributed by atoms with van der Waals surface area (Å²) in [4.78, 5) is 5.18. The number of fused-ring (bicyclic) bond motifs is 7. The minimum Gasteiger partial charge on any atom is -0.468 e. The van der Waals surface area contributed by atoms with Gasteiger partial charge in [-0.15, -0.1) is 0 Å². The second-order valence-electron chi connectivity index (χ2n) is 24.0. The molecule has 0 bridgehead atoms. The van der Waals surface area contributed by atoms with Gasteiger partial charge in [-0.05, 0) is 140 Å². The highest BCUT2D eigenvalue weighted by molar-refractivity contribution is 7.00. The van der Waals surface area contributed by atoms with Crippen molar-refractivity contribution in [3.8, 4) is 22.5 Å². The van der Waals surface area contributed by atoms with E-state index >= 15 is 0 Å². The van der Waals surface area contributed by atoms with E-state index in [2.05, 4.69) is 240 Å². The Morgan fingerprint density at radius 2 is 1.01 bits per heavy atom. The maximum absolute atomic E-state index is 7.43. The van der Waals surface area contributed by atoms with E-state index in [-0.39, 0.29) is 28.4 Å².